The first-order valence-electron chi connectivity index (χ1n) is 25.1. The molecule has 12 unspecified atom stereocenters. The lowest BCUT2D eigenvalue weighted by Gasteiger charge is -2.46. The maximum absolute atomic E-state index is 13.1. The van der Waals surface area contributed by atoms with Gasteiger partial charge in [0.2, 0.25) is 5.91 Å². The number of nitrogens with one attached hydrogen (secondary N) is 1. The molecule has 0 aromatic heterocycles. The first-order valence-corrected chi connectivity index (χ1v) is 25.1. The minimum atomic E-state index is -1.79. The smallest absolute Gasteiger partial charge is 0.220 e. The number of carbonyl (C=O) groups excluding carboxylic acids is 1. The molecule has 14 heteroatoms. The summed E-state index contributed by atoms with van der Waals surface area (Å²) in [7, 11) is 0. The third-order valence-electron chi connectivity index (χ3n) is 12.4. The van der Waals surface area contributed by atoms with Crippen molar-refractivity contribution in [2.24, 2.45) is 0 Å². The number of unbranched alkanes of at least 4 members (excludes halogenated alkanes) is 23. The average molecular weight is 902 g/mol. The molecule has 0 radical (unpaired) electrons. The van der Waals surface area contributed by atoms with Gasteiger partial charge in [-0.2, -0.15) is 0 Å². The van der Waals surface area contributed by atoms with Gasteiger partial charge in [0, 0.05) is 6.42 Å². The monoisotopic (exact) mass is 902 g/mol. The molecule has 0 aromatic carbocycles. The van der Waals surface area contributed by atoms with E-state index in [4.69, 9.17) is 18.9 Å². The molecule has 1 amide bonds. The number of carbonyl (C=O) groups is 1. The Morgan fingerprint density at radius 2 is 1.02 bits per heavy atom. The van der Waals surface area contributed by atoms with Crippen LogP contribution in [0.2, 0.25) is 0 Å². The molecule has 2 fully saturated rings. The van der Waals surface area contributed by atoms with E-state index in [2.05, 4.69) is 31.3 Å². The zero-order chi connectivity index (χ0) is 46.1. The standard InChI is InChI=1S/C49H91NO13/c1-3-5-7-9-11-13-15-17-18-19-21-22-24-26-28-30-32-38(53)37(50-41(54)33-31-29-27-25-23-20-16-14-12-10-8-6-4-2)36-60-48-46(59)44(57)47(40(35-52)62-48)63-49-45(58)43(56)42(55)39(34-51)61-49/h22,24,30,32,37-40,42-49,51-53,55-59H,3-21,23,25-29,31,33-36H2,1-2H3,(H,50,54)/b24-22+,32-30+. The number of aliphatic hydroxyl groups excluding tert-OH is 8. The highest BCUT2D eigenvalue weighted by Gasteiger charge is 2.51. The second-order valence-electron chi connectivity index (χ2n) is 17.9. The van der Waals surface area contributed by atoms with E-state index in [1.165, 1.54) is 122 Å². The van der Waals surface area contributed by atoms with E-state index in [1.807, 2.05) is 6.08 Å². The molecule has 0 spiro atoms. The van der Waals surface area contributed by atoms with E-state index < -0.39 is 86.8 Å². The maximum Gasteiger partial charge on any atom is 0.220 e. The summed E-state index contributed by atoms with van der Waals surface area (Å²) < 4.78 is 22.7. The second-order valence-corrected chi connectivity index (χ2v) is 17.9. The molecule has 2 heterocycles. The van der Waals surface area contributed by atoms with Crippen LogP contribution in [-0.4, -0.2) is 140 Å². The maximum atomic E-state index is 13.1. The molecule has 12 atom stereocenters. The number of aliphatic hydroxyl groups is 8. The predicted molar refractivity (Wildman–Crippen MR) is 245 cm³/mol. The highest BCUT2D eigenvalue weighted by atomic mass is 16.7. The fourth-order valence-electron chi connectivity index (χ4n) is 8.25. The van der Waals surface area contributed by atoms with Crippen LogP contribution in [0.1, 0.15) is 187 Å². The molecule has 0 aromatic rings. The molecule has 63 heavy (non-hydrogen) atoms. The molecule has 14 nitrogen and oxygen atoms in total. The van der Waals surface area contributed by atoms with Gasteiger partial charge >= 0.3 is 0 Å². The van der Waals surface area contributed by atoms with Crippen LogP contribution in [0.4, 0.5) is 0 Å². The van der Waals surface area contributed by atoms with Crippen molar-refractivity contribution in [2.75, 3.05) is 19.8 Å². The van der Waals surface area contributed by atoms with E-state index in [-0.39, 0.29) is 18.9 Å². The summed E-state index contributed by atoms with van der Waals surface area (Å²) in [5.74, 6) is -0.250. The molecular weight excluding hydrogens is 811 g/mol. The molecular formula is C49H91NO13. The summed E-state index contributed by atoms with van der Waals surface area (Å²) in [6.45, 7) is 2.76. The van der Waals surface area contributed by atoms with Crippen molar-refractivity contribution >= 4 is 5.91 Å². The van der Waals surface area contributed by atoms with Crippen LogP contribution in [0.5, 0.6) is 0 Å². The minimum absolute atomic E-state index is 0.250. The van der Waals surface area contributed by atoms with Gasteiger partial charge in [-0.05, 0) is 32.1 Å². The van der Waals surface area contributed by atoms with E-state index in [0.717, 1.165) is 32.1 Å². The summed E-state index contributed by atoms with van der Waals surface area (Å²) in [5.41, 5.74) is 0. The number of rotatable bonds is 38. The summed E-state index contributed by atoms with van der Waals surface area (Å²) >= 11 is 0. The summed E-state index contributed by atoms with van der Waals surface area (Å²) in [6, 6.07) is -0.925. The van der Waals surface area contributed by atoms with Crippen molar-refractivity contribution in [3.05, 3.63) is 24.3 Å². The Bertz CT molecular complexity index is 1160. The number of hydrogen-bond acceptors (Lipinski definition) is 13. The third-order valence-corrected chi connectivity index (χ3v) is 12.4. The summed E-state index contributed by atoms with van der Waals surface area (Å²) in [5, 5.41) is 86.6. The molecule has 0 bridgehead atoms. The molecule has 0 saturated carbocycles. The van der Waals surface area contributed by atoms with Crippen molar-refractivity contribution in [2.45, 2.75) is 261 Å². The lowest BCUT2D eigenvalue weighted by Crippen LogP contribution is -2.65. The second kappa shape index (κ2) is 36.6. The molecule has 2 aliphatic heterocycles. The number of amides is 1. The van der Waals surface area contributed by atoms with Gasteiger partial charge in [0.05, 0.1) is 32.0 Å². The third kappa shape index (κ3) is 24.2. The molecule has 370 valence electrons. The molecule has 2 aliphatic rings. The van der Waals surface area contributed by atoms with E-state index in [1.54, 1.807) is 6.08 Å². The van der Waals surface area contributed by atoms with Crippen LogP contribution in [0, 0.1) is 0 Å². The Morgan fingerprint density at radius 3 is 1.56 bits per heavy atom. The van der Waals surface area contributed by atoms with Crippen LogP contribution in [-0.2, 0) is 23.7 Å². The molecule has 9 N–H and O–H groups in total. The zero-order valence-electron chi connectivity index (χ0n) is 39.1. The Hall–Kier alpha value is -1.53. The average Bonchev–Trinajstić information content (AvgIpc) is 3.28. The number of hydrogen-bond donors (Lipinski definition) is 9. The Morgan fingerprint density at radius 1 is 0.556 bits per heavy atom. The van der Waals surface area contributed by atoms with E-state index >= 15 is 0 Å². The summed E-state index contributed by atoms with van der Waals surface area (Å²) in [4.78, 5) is 13.1. The van der Waals surface area contributed by atoms with Gasteiger partial charge in [0.1, 0.15) is 48.8 Å². The molecule has 0 aliphatic carbocycles. The minimum Gasteiger partial charge on any atom is -0.394 e. The first kappa shape index (κ1) is 57.6. The fraction of sp³-hybridized carbons (Fsp3) is 0.898. The van der Waals surface area contributed by atoms with Crippen molar-refractivity contribution in [1.29, 1.82) is 0 Å². The number of allylic oxidation sites excluding steroid dienone is 3. The van der Waals surface area contributed by atoms with Gasteiger partial charge in [-0.25, -0.2) is 0 Å². The fourth-order valence-corrected chi connectivity index (χ4v) is 8.25. The first-order chi connectivity index (χ1) is 30.6. The van der Waals surface area contributed by atoms with Crippen LogP contribution < -0.4 is 5.32 Å². The number of ether oxygens (including phenoxy) is 4. The van der Waals surface area contributed by atoms with Crippen molar-refractivity contribution in [3.63, 3.8) is 0 Å². The highest BCUT2D eigenvalue weighted by Crippen LogP contribution is 2.30. The SMILES string of the molecule is CCCCCCCCCCCC/C=C/CC/C=C/C(O)C(COC1OC(CO)C(OC2OC(CO)C(O)C(O)C2O)C(O)C1O)NC(=O)CCCCCCCCCCCCCCC. The Labute approximate surface area is 379 Å². The van der Waals surface area contributed by atoms with Gasteiger partial charge in [-0.3, -0.25) is 4.79 Å². The zero-order valence-corrected chi connectivity index (χ0v) is 39.1. The Balaban J connectivity index is 1.88. The van der Waals surface area contributed by atoms with Crippen LogP contribution in [0.3, 0.4) is 0 Å². The van der Waals surface area contributed by atoms with Gasteiger partial charge in [0.15, 0.2) is 12.6 Å². The van der Waals surface area contributed by atoms with Crippen LogP contribution in [0.15, 0.2) is 24.3 Å². The predicted octanol–water partition coefficient (Wildman–Crippen LogP) is 6.16. The van der Waals surface area contributed by atoms with Crippen LogP contribution in [0.25, 0.3) is 0 Å². The largest absolute Gasteiger partial charge is 0.394 e. The lowest BCUT2D eigenvalue weighted by molar-refractivity contribution is -0.359. The van der Waals surface area contributed by atoms with Gasteiger partial charge in [0.25, 0.3) is 0 Å². The Kier molecular flexibility index (Phi) is 33.4. The molecule has 2 saturated heterocycles. The van der Waals surface area contributed by atoms with Gasteiger partial charge < -0.3 is 65.1 Å². The van der Waals surface area contributed by atoms with Crippen molar-refractivity contribution in [3.8, 4) is 0 Å². The normalized spacial score (nSPS) is 27.7. The van der Waals surface area contributed by atoms with Crippen molar-refractivity contribution in [1.82, 2.24) is 5.32 Å². The summed E-state index contributed by atoms with van der Waals surface area (Å²) in [6.07, 6.45) is 22.2. The topological polar surface area (TPSA) is 228 Å². The van der Waals surface area contributed by atoms with Gasteiger partial charge in [-0.15, -0.1) is 0 Å². The van der Waals surface area contributed by atoms with Gasteiger partial charge in [-0.1, -0.05) is 173 Å². The highest BCUT2D eigenvalue weighted by molar-refractivity contribution is 5.76. The lowest BCUT2D eigenvalue weighted by atomic mass is 9.97. The quantitative estimate of drug-likeness (QED) is 0.0250. The van der Waals surface area contributed by atoms with E-state index in [0.29, 0.717) is 12.8 Å². The van der Waals surface area contributed by atoms with E-state index in [9.17, 15) is 45.6 Å². The molecule has 2 rings (SSSR count). The van der Waals surface area contributed by atoms with Crippen LogP contribution >= 0.6 is 0 Å². The van der Waals surface area contributed by atoms with Crippen molar-refractivity contribution < 1.29 is 64.6 Å².